The molecule has 2 unspecified atom stereocenters. The molecular formula is C13H23N3O3S2. The minimum Gasteiger partial charge on any atom is -0.369 e. The maximum Gasteiger partial charge on any atom is 0.244 e. The topological polar surface area (TPSA) is 88.2 Å². The van der Waals surface area contributed by atoms with Crippen LogP contribution >= 0.6 is 0 Å². The van der Waals surface area contributed by atoms with Crippen molar-refractivity contribution in [2.24, 2.45) is 0 Å². The lowest BCUT2D eigenvalue weighted by Gasteiger charge is -2.15. The van der Waals surface area contributed by atoms with Crippen LogP contribution in [0.3, 0.4) is 0 Å². The van der Waals surface area contributed by atoms with Crippen LogP contribution in [-0.4, -0.2) is 42.2 Å². The molecule has 0 fully saturated rings. The molecule has 0 aromatic carbocycles. The van der Waals surface area contributed by atoms with Crippen molar-refractivity contribution in [2.75, 3.05) is 23.9 Å². The zero-order valence-corrected chi connectivity index (χ0v) is 14.3. The number of hydrogen-bond acceptors (Lipinski definition) is 5. The fourth-order valence-corrected chi connectivity index (χ4v) is 3.81. The van der Waals surface area contributed by atoms with Gasteiger partial charge in [-0.25, -0.2) is 18.1 Å². The lowest BCUT2D eigenvalue weighted by molar-refractivity contribution is 0.555. The van der Waals surface area contributed by atoms with Gasteiger partial charge >= 0.3 is 0 Å². The molecule has 0 spiro atoms. The summed E-state index contributed by atoms with van der Waals surface area (Å²) < 4.78 is 38.5. The highest BCUT2D eigenvalue weighted by molar-refractivity contribution is 7.89. The summed E-state index contributed by atoms with van der Waals surface area (Å²) in [5.41, 5.74) is 0. The Morgan fingerprint density at radius 2 is 2.14 bits per heavy atom. The second kappa shape index (κ2) is 8.45. The Morgan fingerprint density at radius 3 is 2.76 bits per heavy atom. The Labute approximate surface area is 129 Å². The van der Waals surface area contributed by atoms with Crippen molar-refractivity contribution in [3.8, 4) is 0 Å². The van der Waals surface area contributed by atoms with Gasteiger partial charge in [-0.05, 0) is 31.9 Å². The Balaban J connectivity index is 2.84. The third-order valence-electron chi connectivity index (χ3n) is 2.80. The second-order valence-corrected chi connectivity index (χ2v) is 8.10. The molecule has 1 aromatic rings. The maximum atomic E-state index is 12.4. The van der Waals surface area contributed by atoms with Crippen LogP contribution < -0.4 is 10.0 Å². The number of hydrogen-bond donors (Lipinski definition) is 2. The molecule has 2 N–H and O–H groups in total. The average molecular weight is 333 g/mol. The lowest BCUT2D eigenvalue weighted by atomic mass is 10.3. The molecule has 0 bridgehead atoms. The number of nitrogens with one attached hydrogen (secondary N) is 2. The first-order valence-electron chi connectivity index (χ1n) is 6.88. The van der Waals surface area contributed by atoms with Crippen LogP contribution in [0.25, 0.3) is 0 Å². The standard InChI is InChI=1S/C13H23N3O3S2/c1-4-8-14-13-12(6-5-9-15-13)21(18,19)16-11(2)7-10-20(3)17/h5-6,9,11,16H,4,7-8,10H2,1-3H3,(H,14,15). The van der Waals surface area contributed by atoms with E-state index in [4.69, 9.17) is 0 Å². The van der Waals surface area contributed by atoms with E-state index in [1.165, 1.54) is 6.07 Å². The summed E-state index contributed by atoms with van der Waals surface area (Å²) in [6.45, 7) is 4.42. The SMILES string of the molecule is CCCNc1ncccc1S(=O)(=O)NC(C)CCS(C)=O. The predicted molar refractivity (Wildman–Crippen MR) is 86.4 cm³/mol. The van der Waals surface area contributed by atoms with Crippen LogP contribution in [0.4, 0.5) is 5.82 Å². The van der Waals surface area contributed by atoms with E-state index in [0.717, 1.165) is 6.42 Å². The molecule has 120 valence electrons. The highest BCUT2D eigenvalue weighted by Gasteiger charge is 2.21. The van der Waals surface area contributed by atoms with Crippen molar-refractivity contribution in [1.29, 1.82) is 0 Å². The van der Waals surface area contributed by atoms with Gasteiger partial charge < -0.3 is 5.32 Å². The summed E-state index contributed by atoms with van der Waals surface area (Å²) in [6, 6.07) is 2.84. The number of pyridine rings is 1. The van der Waals surface area contributed by atoms with E-state index in [2.05, 4.69) is 15.0 Å². The van der Waals surface area contributed by atoms with Gasteiger partial charge in [-0.3, -0.25) is 4.21 Å². The van der Waals surface area contributed by atoms with E-state index < -0.39 is 20.8 Å². The molecule has 0 amide bonds. The Hall–Kier alpha value is -0.990. The molecule has 0 aliphatic carbocycles. The third-order valence-corrected chi connectivity index (χ3v) is 5.23. The van der Waals surface area contributed by atoms with Gasteiger partial charge in [0.05, 0.1) is 0 Å². The molecule has 0 aliphatic heterocycles. The molecule has 2 atom stereocenters. The predicted octanol–water partition coefficient (Wildman–Crippen LogP) is 1.34. The zero-order valence-electron chi connectivity index (χ0n) is 12.6. The smallest absolute Gasteiger partial charge is 0.244 e. The number of sulfonamides is 1. The van der Waals surface area contributed by atoms with E-state index in [1.807, 2.05) is 6.92 Å². The van der Waals surface area contributed by atoms with Gasteiger partial charge in [0, 0.05) is 41.6 Å². The summed E-state index contributed by atoms with van der Waals surface area (Å²) in [7, 11) is -4.57. The summed E-state index contributed by atoms with van der Waals surface area (Å²) in [6.07, 6.45) is 4.57. The van der Waals surface area contributed by atoms with Crippen molar-refractivity contribution in [3.05, 3.63) is 18.3 Å². The summed E-state index contributed by atoms with van der Waals surface area (Å²) in [5.74, 6) is 0.829. The van der Waals surface area contributed by atoms with E-state index in [9.17, 15) is 12.6 Å². The van der Waals surface area contributed by atoms with E-state index in [1.54, 1.807) is 25.4 Å². The van der Waals surface area contributed by atoms with Gasteiger partial charge in [-0.1, -0.05) is 6.92 Å². The molecular weight excluding hydrogens is 310 g/mol. The van der Waals surface area contributed by atoms with Crippen LogP contribution in [-0.2, 0) is 20.8 Å². The number of aromatic nitrogens is 1. The van der Waals surface area contributed by atoms with E-state index in [0.29, 0.717) is 24.5 Å². The number of anilines is 1. The van der Waals surface area contributed by atoms with Gasteiger partial charge in [0.2, 0.25) is 10.0 Å². The normalized spacial score (nSPS) is 14.6. The highest BCUT2D eigenvalue weighted by Crippen LogP contribution is 2.18. The first kappa shape index (κ1) is 18.1. The minimum atomic E-state index is -3.64. The van der Waals surface area contributed by atoms with Crippen LogP contribution in [0.2, 0.25) is 0 Å². The molecule has 1 aromatic heterocycles. The van der Waals surface area contributed by atoms with E-state index in [-0.39, 0.29) is 10.9 Å². The molecule has 0 saturated heterocycles. The van der Waals surface area contributed by atoms with Crippen molar-refractivity contribution in [1.82, 2.24) is 9.71 Å². The fourth-order valence-electron chi connectivity index (χ4n) is 1.71. The highest BCUT2D eigenvalue weighted by atomic mass is 32.2. The average Bonchev–Trinajstić information content (AvgIpc) is 2.42. The van der Waals surface area contributed by atoms with Gasteiger partial charge in [0.15, 0.2) is 0 Å². The molecule has 1 heterocycles. The first-order chi connectivity index (χ1) is 9.86. The zero-order chi connectivity index (χ0) is 15.9. The van der Waals surface area contributed by atoms with Crippen molar-refractivity contribution < 1.29 is 12.6 Å². The van der Waals surface area contributed by atoms with Crippen LogP contribution in [0.1, 0.15) is 26.7 Å². The monoisotopic (exact) mass is 333 g/mol. The molecule has 21 heavy (non-hydrogen) atoms. The summed E-state index contributed by atoms with van der Waals surface area (Å²) in [4.78, 5) is 4.23. The lowest BCUT2D eigenvalue weighted by Crippen LogP contribution is -2.34. The molecule has 0 aliphatic rings. The molecule has 8 heteroatoms. The second-order valence-electron chi connectivity index (χ2n) is 4.87. The Kier molecular flexibility index (Phi) is 7.27. The van der Waals surface area contributed by atoms with Crippen LogP contribution in [0.5, 0.6) is 0 Å². The third kappa shape index (κ3) is 6.11. The minimum absolute atomic E-state index is 0.142. The first-order valence-corrected chi connectivity index (χ1v) is 10.1. The van der Waals surface area contributed by atoms with Gasteiger partial charge in [-0.2, -0.15) is 0 Å². The number of rotatable bonds is 9. The van der Waals surface area contributed by atoms with Crippen molar-refractivity contribution in [2.45, 2.75) is 37.6 Å². The van der Waals surface area contributed by atoms with E-state index >= 15 is 0 Å². The van der Waals surface area contributed by atoms with Gasteiger partial charge in [0.25, 0.3) is 0 Å². The summed E-state index contributed by atoms with van der Waals surface area (Å²) >= 11 is 0. The molecule has 6 nitrogen and oxygen atoms in total. The fraction of sp³-hybridized carbons (Fsp3) is 0.615. The number of nitrogens with zero attached hydrogens (tertiary/aromatic N) is 1. The van der Waals surface area contributed by atoms with Gasteiger partial charge in [0.1, 0.15) is 10.7 Å². The Bertz CT molecular complexity index is 576. The van der Waals surface area contributed by atoms with Crippen LogP contribution in [0.15, 0.2) is 23.2 Å². The van der Waals surface area contributed by atoms with Crippen molar-refractivity contribution >= 4 is 26.6 Å². The van der Waals surface area contributed by atoms with Gasteiger partial charge in [-0.15, -0.1) is 0 Å². The molecule has 1 rings (SSSR count). The van der Waals surface area contributed by atoms with Crippen LogP contribution in [0, 0.1) is 0 Å². The maximum absolute atomic E-state index is 12.4. The van der Waals surface area contributed by atoms with Crippen molar-refractivity contribution in [3.63, 3.8) is 0 Å². The quantitative estimate of drug-likeness (QED) is 0.712. The largest absolute Gasteiger partial charge is 0.369 e. The molecule has 0 saturated carbocycles. The Morgan fingerprint density at radius 1 is 1.43 bits per heavy atom. The summed E-state index contributed by atoms with van der Waals surface area (Å²) in [5, 5.41) is 3.01. The molecule has 0 radical (unpaired) electrons.